The fraction of sp³-hybridized carbons (Fsp3) is 0.120. The van der Waals surface area contributed by atoms with Gasteiger partial charge in [-0.1, -0.05) is 59.1 Å². The normalized spacial score (nSPS) is 11.9. The van der Waals surface area contributed by atoms with Crippen LogP contribution in [0.4, 0.5) is 0 Å². The maximum Gasteiger partial charge on any atom is 0.326 e. The standard InChI is InChI=1S/C25H18Cl3N3O4/c1-31-12-14(26)11-17(24(31)33)15-8-7-13(22-16(15)4-3-9-29-22)10-20(25(34)35)30-23(32)21-18(27)5-2-6-19(21)28/h2-9,11-12,20H,10H2,1H3,(H,30,32)(H,34,35)/t20-/m0/s1. The minimum Gasteiger partial charge on any atom is -0.480 e. The van der Waals surface area contributed by atoms with Gasteiger partial charge in [-0.05, 0) is 35.4 Å². The fourth-order valence-corrected chi connectivity index (χ4v) is 4.68. The average Bonchev–Trinajstić information content (AvgIpc) is 2.81. The molecule has 0 unspecified atom stereocenters. The van der Waals surface area contributed by atoms with Crippen LogP contribution in [0.25, 0.3) is 22.0 Å². The number of aliphatic carboxylic acids is 1. The number of hydrogen-bond acceptors (Lipinski definition) is 4. The second kappa shape index (κ2) is 10.1. The molecule has 2 heterocycles. The van der Waals surface area contributed by atoms with Gasteiger partial charge in [-0.2, -0.15) is 0 Å². The number of pyridine rings is 2. The number of fused-ring (bicyclic) bond motifs is 1. The molecular weight excluding hydrogens is 513 g/mol. The van der Waals surface area contributed by atoms with Gasteiger partial charge >= 0.3 is 5.97 Å². The molecule has 2 N–H and O–H groups in total. The molecule has 0 spiro atoms. The Morgan fingerprint density at radius 3 is 2.46 bits per heavy atom. The number of carbonyl (C=O) groups excluding carboxylic acids is 1. The van der Waals surface area contributed by atoms with Gasteiger partial charge in [0.15, 0.2) is 0 Å². The van der Waals surface area contributed by atoms with Crippen molar-refractivity contribution in [3.8, 4) is 11.1 Å². The van der Waals surface area contributed by atoms with Crippen molar-refractivity contribution in [2.24, 2.45) is 7.05 Å². The molecule has 0 aliphatic carbocycles. The first-order valence-electron chi connectivity index (χ1n) is 10.4. The number of hydrogen-bond donors (Lipinski definition) is 2. The molecule has 7 nitrogen and oxygen atoms in total. The highest BCUT2D eigenvalue weighted by atomic mass is 35.5. The third-order valence-electron chi connectivity index (χ3n) is 5.51. The van der Waals surface area contributed by atoms with Crippen molar-refractivity contribution in [2.75, 3.05) is 0 Å². The van der Waals surface area contributed by atoms with Gasteiger partial charge in [-0.25, -0.2) is 4.79 Å². The predicted octanol–water partition coefficient (Wildman–Crippen LogP) is 4.99. The number of rotatable bonds is 6. The van der Waals surface area contributed by atoms with E-state index in [4.69, 9.17) is 34.8 Å². The minimum atomic E-state index is -1.29. The number of amides is 1. The van der Waals surface area contributed by atoms with Crippen molar-refractivity contribution >= 4 is 57.6 Å². The lowest BCUT2D eigenvalue weighted by atomic mass is 9.95. The molecule has 2 aromatic carbocycles. The highest BCUT2D eigenvalue weighted by Crippen LogP contribution is 2.30. The summed E-state index contributed by atoms with van der Waals surface area (Å²) in [6.45, 7) is 0. The zero-order valence-electron chi connectivity index (χ0n) is 18.3. The number of benzene rings is 2. The summed E-state index contributed by atoms with van der Waals surface area (Å²) in [6, 6.07) is 11.8. The number of carboxylic acid groups (broad SMARTS) is 1. The first-order valence-corrected chi connectivity index (χ1v) is 11.5. The molecule has 1 atom stereocenters. The van der Waals surface area contributed by atoms with E-state index in [1.807, 2.05) is 0 Å². The van der Waals surface area contributed by atoms with E-state index in [1.165, 1.54) is 22.9 Å². The summed E-state index contributed by atoms with van der Waals surface area (Å²) in [4.78, 5) is 42.0. The van der Waals surface area contributed by atoms with Crippen molar-refractivity contribution in [1.29, 1.82) is 0 Å². The number of nitrogens with zero attached hydrogens (tertiary/aromatic N) is 2. The summed E-state index contributed by atoms with van der Waals surface area (Å²) in [5, 5.41) is 13.6. The predicted molar refractivity (Wildman–Crippen MR) is 136 cm³/mol. The van der Waals surface area contributed by atoms with E-state index in [1.54, 1.807) is 49.6 Å². The van der Waals surface area contributed by atoms with Crippen LogP contribution < -0.4 is 10.9 Å². The Hall–Kier alpha value is -3.39. The van der Waals surface area contributed by atoms with Crippen molar-refractivity contribution in [3.05, 3.63) is 97.5 Å². The zero-order valence-corrected chi connectivity index (χ0v) is 20.5. The Bertz CT molecular complexity index is 1510. The van der Waals surface area contributed by atoms with Crippen molar-refractivity contribution < 1.29 is 14.7 Å². The van der Waals surface area contributed by atoms with Gasteiger partial charge in [-0.15, -0.1) is 0 Å². The quantitative estimate of drug-likeness (QED) is 0.366. The summed E-state index contributed by atoms with van der Waals surface area (Å²) in [5.74, 6) is -1.94. The summed E-state index contributed by atoms with van der Waals surface area (Å²) < 4.78 is 1.39. The Morgan fingerprint density at radius 2 is 1.77 bits per heavy atom. The maximum atomic E-state index is 12.8. The first-order chi connectivity index (χ1) is 16.7. The Morgan fingerprint density at radius 1 is 1.06 bits per heavy atom. The van der Waals surface area contributed by atoms with E-state index in [0.717, 1.165) is 0 Å². The average molecular weight is 531 g/mol. The molecule has 10 heteroatoms. The van der Waals surface area contributed by atoms with E-state index in [-0.39, 0.29) is 27.6 Å². The Balaban J connectivity index is 1.74. The monoisotopic (exact) mass is 529 g/mol. The van der Waals surface area contributed by atoms with Crippen LogP contribution in [0.5, 0.6) is 0 Å². The molecule has 0 saturated heterocycles. The molecule has 4 aromatic rings. The van der Waals surface area contributed by atoms with Gasteiger partial charge in [0, 0.05) is 36.8 Å². The number of halogens is 3. The third kappa shape index (κ3) is 5.03. The van der Waals surface area contributed by atoms with Crippen molar-refractivity contribution in [1.82, 2.24) is 14.9 Å². The number of aromatic nitrogens is 2. The molecule has 0 bridgehead atoms. The Labute approximate surface area is 214 Å². The second-order valence-electron chi connectivity index (χ2n) is 7.82. The fourth-order valence-electron chi connectivity index (χ4n) is 3.86. The van der Waals surface area contributed by atoms with Crippen LogP contribution in [-0.4, -0.2) is 32.6 Å². The van der Waals surface area contributed by atoms with Crippen LogP contribution in [0, 0.1) is 0 Å². The highest BCUT2D eigenvalue weighted by Gasteiger charge is 2.25. The summed E-state index contributed by atoms with van der Waals surface area (Å²) in [5.41, 5.74) is 1.83. The molecule has 0 aliphatic rings. The zero-order chi connectivity index (χ0) is 25.3. The van der Waals surface area contributed by atoms with Crippen molar-refractivity contribution in [2.45, 2.75) is 12.5 Å². The summed E-state index contributed by atoms with van der Waals surface area (Å²) in [6.07, 6.45) is 3.03. The van der Waals surface area contributed by atoms with Gasteiger partial charge in [0.25, 0.3) is 11.5 Å². The maximum absolute atomic E-state index is 12.8. The molecule has 1 amide bonds. The lowest BCUT2D eigenvalue weighted by Gasteiger charge is -2.17. The highest BCUT2D eigenvalue weighted by molar-refractivity contribution is 6.39. The van der Waals surface area contributed by atoms with E-state index in [2.05, 4.69) is 10.3 Å². The largest absolute Gasteiger partial charge is 0.480 e. The van der Waals surface area contributed by atoms with Crippen LogP contribution in [0.2, 0.25) is 15.1 Å². The van der Waals surface area contributed by atoms with Crippen LogP contribution in [0.1, 0.15) is 15.9 Å². The molecule has 0 saturated carbocycles. The number of aryl methyl sites for hydroxylation is 1. The van der Waals surface area contributed by atoms with Crippen molar-refractivity contribution in [3.63, 3.8) is 0 Å². The molecular formula is C25H18Cl3N3O4. The topological polar surface area (TPSA) is 101 Å². The number of carboxylic acids is 1. The van der Waals surface area contributed by atoms with E-state index in [9.17, 15) is 19.5 Å². The smallest absolute Gasteiger partial charge is 0.326 e. The van der Waals surface area contributed by atoms with Crippen LogP contribution in [-0.2, 0) is 18.3 Å². The lowest BCUT2D eigenvalue weighted by Crippen LogP contribution is -2.42. The van der Waals surface area contributed by atoms with Crippen LogP contribution in [0.3, 0.4) is 0 Å². The second-order valence-corrected chi connectivity index (χ2v) is 9.08. The molecule has 4 rings (SSSR count). The summed E-state index contributed by atoms with van der Waals surface area (Å²) >= 11 is 18.4. The molecule has 0 radical (unpaired) electrons. The minimum absolute atomic E-state index is 0.00258. The first kappa shape index (κ1) is 24.7. The SMILES string of the molecule is Cn1cc(Cl)cc(-c2ccc(C[C@H](NC(=O)c3c(Cl)cccc3Cl)C(=O)O)c3ncccc23)c1=O. The molecule has 178 valence electrons. The number of carbonyl (C=O) groups is 2. The Kier molecular flexibility index (Phi) is 7.12. The molecule has 35 heavy (non-hydrogen) atoms. The molecule has 0 aliphatic heterocycles. The molecule has 0 fully saturated rings. The van der Waals surface area contributed by atoms with Gasteiger partial charge < -0.3 is 15.0 Å². The summed E-state index contributed by atoms with van der Waals surface area (Å²) in [7, 11) is 1.61. The van der Waals surface area contributed by atoms with Gasteiger partial charge in [-0.3, -0.25) is 14.6 Å². The lowest BCUT2D eigenvalue weighted by molar-refractivity contribution is -0.139. The third-order valence-corrected chi connectivity index (χ3v) is 6.35. The van der Waals surface area contributed by atoms with Gasteiger partial charge in [0.1, 0.15) is 6.04 Å². The van der Waals surface area contributed by atoms with Gasteiger partial charge in [0.05, 0.1) is 26.1 Å². The van der Waals surface area contributed by atoms with Crippen LogP contribution >= 0.6 is 34.8 Å². The van der Waals surface area contributed by atoms with E-state index >= 15 is 0 Å². The number of nitrogens with one attached hydrogen (secondary N) is 1. The van der Waals surface area contributed by atoms with Crippen LogP contribution in [0.15, 0.2) is 65.7 Å². The van der Waals surface area contributed by atoms with E-state index < -0.39 is 17.9 Å². The van der Waals surface area contributed by atoms with Gasteiger partial charge in [0.2, 0.25) is 0 Å². The molecule has 2 aromatic heterocycles. The van der Waals surface area contributed by atoms with E-state index in [0.29, 0.717) is 32.6 Å².